The van der Waals surface area contributed by atoms with Gasteiger partial charge in [0.2, 0.25) is 11.7 Å². The first-order valence-electron chi connectivity index (χ1n) is 10.1. The quantitative estimate of drug-likeness (QED) is 0.493. The molecular weight excluding hydrogens is 399 g/mol. The van der Waals surface area contributed by atoms with Crippen molar-refractivity contribution in [3.8, 4) is 0 Å². The standard InChI is InChI=1S/C24H21FN2O4/c1-14(28)26-15-10-11-16(19(25)12-15)22(29)13-31-24(30)23-17-6-2-4-8-20(17)27-21-9-5-3-7-18(21)23/h2,4,6,8,10-12H,3,5,7,9,13H2,1H3,(H,26,28). The Balaban J connectivity index is 1.56. The number of amides is 1. The molecule has 4 rings (SSSR count). The van der Waals surface area contributed by atoms with Gasteiger partial charge in [-0.15, -0.1) is 0 Å². The Bertz CT molecular complexity index is 1210. The molecule has 158 valence electrons. The van der Waals surface area contributed by atoms with E-state index in [1.54, 1.807) is 0 Å². The smallest absolute Gasteiger partial charge is 0.339 e. The van der Waals surface area contributed by atoms with Gasteiger partial charge in [0, 0.05) is 23.7 Å². The Kier molecular flexibility index (Phi) is 5.75. The maximum atomic E-state index is 14.3. The monoisotopic (exact) mass is 420 g/mol. The van der Waals surface area contributed by atoms with E-state index in [4.69, 9.17) is 4.74 Å². The number of fused-ring (bicyclic) bond motifs is 2. The van der Waals surface area contributed by atoms with E-state index in [-0.39, 0.29) is 17.2 Å². The molecule has 0 radical (unpaired) electrons. The van der Waals surface area contributed by atoms with Gasteiger partial charge in [0.1, 0.15) is 5.82 Å². The third-order valence-electron chi connectivity index (χ3n) is 5.30. The summed E-state index contributed by atoms with van der Waals surface area (Å²) in [6.45, 7) is 0.721. The van der Waals surface area contributed by atoms with Gasteiger partial charge < -0.3 is 10.1 Å². The first-order chi connectivity index (χ1) is 14.9. The third kappa shape index (κ3) is 4.30. The molecule has 0 atom stereocenters. The second kappa shape index (κ2) is 8.63. The van der Waals surface area contributed by atoms with Crippen LogP contribution in [0.4, 0.5) is 10.1 Å². The highest BCUT2D eigenvalue weighted by atomic mass is 19.1. The number of anilines is 1. The van der Waals surface area contributed by atoms with Crippen LogP contribution in [-0.2, 0) is 22.4 Å². The number of Topliss-reactive ketones (excluding diaryl/α,β-unsaturated/α-hetero) is 1. The van der Waals surface area contributed by atoms with Crippen molar-refractivity contribution in [2.75, 3.05) is 11.9 Å². The zero-order valence-electron chi connectivity index (χ0n) is 17.0. The van der Waals surface area contributed by atoms with Crippen LogP contribution in [-0.4, -0.2) is 29.3 Å². The number of nitrogens with zero attached hydrogens (tertiary/aromatic N) is 1. The van der Waals surface area contributed by atoms with Crippen molar-refractivity contribution >= 4 is 34.3 Å². The van der Waals surface area contributed by atoms with Gasteiger partial charge >= 0.3 is 5.97 Å². The van der Waals surface area contributed by atoms with Crippen LogP contribution in [0.2, 0.25) is 0 Å². The van der Waals surface area contributed by atoms with Crippen molar-refractivity contribution in [1.82, 2.24) is 4.98 Å². The molecule has 1 aliphatic carbocycles. The maximum Gasteiger partial charge on any atom is 0.339 e. The number of nitrogens with one attached hydrogen (secondary N) is 1. The lowest BCUT2D eigenvalue weighted by molar-refractivity contribution is -0.114. The molecule has 0 spiro atoms. The number of ether oxygens (including phenoxy) is 1. The van der Waals surface area contributed by atoms with Gasteiger partial charge in [-0.1, -0.05) is 18.2 Å². The number of aromatic nitrogens is 1. The number of ketones is 1. The fourth-order valence-corrected chi connectivity index (χ4v) is 3.91. The Hall–Kier alpha value is -3.61. The van der Waals surface area contributed by atoms with E-state index < -0.39 is 24.2 Å². The molecule has 2 aromatic carbocycles. The summed E-state index contributed by atoms with van der Waals surface area (Å²) in [6, 6.07) is 11.1. The number of aryl methyl sites for hydroxylation is 1. The molecule has 0 unspecified atom stereocenters. The first-order valence-corrected chi connectivity index (χ1v) is 10.1. The van der Waals surface area contributed by atoms with Crippen molar-refractivity contribution < 1.29 is 23.5 Å². The minimum atomic E-state index is -0.793. The van der Waals surface area contributed by atoms with Crippen molar-refractivity contribution in [2.24, 2.45) is 0 Å². The summed E-state index contributed by atoms with van der Waals surface area (Å²) < 4.78 is 19.6. The predicted molar refractivity (Wildman–Crippen MR) is 114 cm³/mol. The van der Waals surface area contributed by atoms with E-state index in [0.717, 1.165) is 43.0 Å². The highest BCUT2D eigenvalue weighted by Gasteiger charge is 2.24. The van der Waals surface area contributed by atoms with E-state index in [1.165, 1.54) is 19.1 Å². The Morgan fingerprint density at radius 3 is 2.65 bits per heavy atom. The van der Waals surface area contributed by atoms with Gasteiger partial charge in [0.25, 0.3) is 0 Å². The number of benzene rings is 2. The Labute approximate surface area is 178 Å². The van der Waals surface area contributed by atoms with Gasteiger partial charge in [-0.25, -0.2) is 9.18 Å². The third-order valence-corrected chi connectivity index (χ3v) is 5.30. The summed E-state index contributed by atoms with van der Waals surface area (Å²) in [6.07, 6.45) is 3.49. The molecule has 0 fully saturated rings. The fourth-order valence-electron chi connectivity index (χ4n) is 3.91. The van der Waals surface area contributed by atoms with Gasteiger partial charge in [-0.05, 0) is 55.5 Å². The molecule has 1 aliphatic rings. The molecule has 1 aromatic heterocycles. The van der Waals surface area contributed by atoms with Crippen LogP contribution in [0.5, 0.6) is 0 Å². The first kappa shape index (κ1) is 20.7. The summed E-state index contributed by atoms with van der Waals surface area (Å²) in [5.74, 6) is -2.41. The molecule has 0 bridgehead atoms. The minimum Gasteiger partial charge on any atom is -0.454 e. The van der Waals surface area contributed by atoms with E-state index in [1.807, 2.05) is 24.3 Å². The zero-order chi connectivity index (χ0) is 22.0. The number of carbonyl (C=O) groups is 3. The van der Waals surface area contributed by atoms with Crippen LogP contribution in [0.15, 0.2) is 42.5 Å². The number of rotatable bonds is 5. The largest absolute Gasteiger partial charge is 0.454 e. The summed E-state index contributed by atoms with van der Waals surface area (Å²) in [5, 5.41) is 3.13. The molecular formula is C24H21FN2O4. The van der Waals surface area contributed by atoms with Crippen molar-refractivity contribution in [1.29, 1.82) is 0 Å². The summed E-state index contributed by atoms with van der Waals surface area (Å²) in [7, 11) is 0. The van der Waals surface area contributed by atoms with Gasteiger partial charge in [0.05, 0.1) is 16.6 Å². The molecule has 1 amide bonds. The number of hydrogen-bond donors (Lipinski definition) is 1. The van der Waals surface area contributed by atoms with E-state index in [9.17, 15) is 18.8 Å². The molecule has 7 heteroatoms. The molecule has 0 saturated heterocycles. The number of pyridine rings is 1. The molecule has 1 N–H and O–H groups in total. The topological polar surface area (TPSA) is 85.4 Å². The van der Waals surface area contributed by atoms with Crippen molar-refractivity contribution in [3.63, 3.8) is 0 Å². The Morgan fingerprint density at radius 2 is 1.87 bits per heavy atom. The molecule has 1 heterocycles. The van der Waals surface area contributed by atoms with E-state index in [0.29, 0.717) is 16.5 Å². The predicted octanol–water partition coefficient (Wildman–Crippen LogP) is 4.25. The number of hydrogen-bond acceptors (Lipinski definition) is 5. The van der Waals surface area contributed by atoms with E-state index >= 15 is 0 Å². The van der Waals surface area contributed by atoms with Gasteiger partial charge in [-0.2, -0.15) is 0 Å². The lowest BCUT2D eigenvalue weighted by atomic mass is 9.90. The van der Waals surface area contributed by atoms with Crippen LogP contribution >= 0.6 is 0 Å². The fraction of sp³-hybridized carbons (Fsp3) is 0.250. The van der Waals surface area contributed by atoms with E-state index in [2.05, 4.69) is 10.3 Å². The minimum absolute atomic E-state index is 0.205. The molecule has 3 aromatic rings. The van der Waals surface area contributed by atoms with Gasteiger partial charge in [0.15, 0.2) is 6.61 Å². The second-order valence-corrected chi connectivity index (χ2v) is 7.51. The van der Waals surface area contributed by atoms with Crippen molar-refractivity contribution in [2.45, 2.75) is 32.6 Å². The molecule has 6 nitrogen and oxygen atoms in total. The number of carbonyl (C=O) groups excluding carboxylic acids is 3. The van der Waals surface area contributed by atoms with Crippen LogP contribution in [0.25, 0.3) is 10.9 Å². The summed E-state index contributed by atoms with van der Waals surface area (Å²) >= 11 is 0. The van der Waals surface area contributed by atoms with Crippen LogP contribution in [0.1, 0.15) is 51.7 Å². The average molecular weight is 420 g/mol. The lowest BCUT2D eigenvalue weighted by Crippen LogP contribution is -2.19. The number of para-hydroxylation sites is 1. The average Bonchev–Trinajstić information content (AvgIpc) is 2.75. The lowest BCUT2D eigenvalue weighted by Gasteiger charge is -2.19. The highest BCUT2D eigenvalue weighted by Crippen LogP contribution is 2.30. The number of halogens is 1. The summed E-state index contributed by atoms with van der Waals surface area (Å²) in [4.78, 5) is 41.2. The Morgan fingerprint density at radius 1 is 1.10 bits per heavy atom. The highest BCUT2D eigenvalue weighted by molar-refractivity contribution is 6.06. The molecule has 31 heavy (non-hydrogen) atoms. The molecule has 0 aliphatic heterocycles. The van der Waals surface area contributed by atoms with Crippen molar-refractivity contribution in [3.05, 3.63) is 70.7 Å². The SMILES string of the molecule is CC(=O)Nc1ccc(C(=O)COC(=O)c2c3c(nc4ccccc24)CCCC3)c(F)c1. The summed E-state index contributed by atoms with van der Waals surface area (Å²) in [5.41, 5.74) is 2.95. The van der Waals surface area contributed by atoms with Gasteiger partial charge in [-0.3, -0.25) is 14.6 Å². The number of esters is 1. The second-order valence-electron chi connectivity index (χ2n) is 7.51. The zero-order valence-corrected chi connectivity index (χ0v) is 17.0. The van der Waals surface area contributed by atoms with Crippen LogP contribution in [0.3, 0.4) is 0 Å². The van der Waals surface area contributed by atoms with Crippen LogP contribution < -0.4 is 5.32 Å². The normalized spacial score (nSPS) is 12.8. The maximum absolute atomic E-state index is 14.3. The van der Waals surface area contributed by atoms with Crippen LogP contribution in [0, 0.1) is 5.82 Å². The molecule has 0 saturated carbocycles.